The van der Waals surface area contributed by atoms with Crippen molar-refractivity contribution < 1.29 is 23.9 Å². The molecule has 5 heterocycles. The van der Waals surface area contributed by atoms with E-state index >= 15 is 0 Å². The summed E-state index contributed by atoms with van der Waals surface area (Å²) >= 11 is 0. The van der Waals surface area contributed by atoms with Gasteiger partial charge in [0.2, 0.25) is 5.95 Å². The lowest BCUT2D eigenvalue weighted by molar-refractivity contribution is -0.121. The summed E-state index contributed by atoms with van der Waals surface area (Å²) in [5, 5.41) is 9.31. The van der Waals surface area contributed by atoms with Crippen molar-refractivity contribution in [2.75, 3.05) is 41.8 Å². The summed E-state index contributed by atoms with van der Waals surface area (Å²) in [6, 6.07) is 9.44. The lowest BCUT2D eigenvalue weighted by Gasteiger charge is -2.40. The van der Waals surface area contributed by atoms with Crippen molar-refractivity contribution in [3.63, 3.8) is 0 Å². The van der Waals surface area contributed by atoms with Crippen molar-refractivity contribution in [1.29, 1.82) is 0 Å². The van der Waals surface area contributed by atoms with Crippen LogP contribution in [-0.2, 0) is 21.5 Å². The number of fused-ring (bicyclic) bond motifs is 3. The SMILES string of the molecule is CC(C)(C)OC(=O)N1Cc2cc(Nc3ncc4c(n3)Nc3ccc5c(n3)N(CCC/C=C\CNC4=O)C(=O)CO5)ccc2C(C)(C)C1. The summed E-state index contributed by atoms with van der Waals surface area (Å²) < 4.78 is 11.3. The lowest BCUT2D eigenvalue weighted by atomic mass is 9.78. The molecule has 0 unspecified atom stereocenters. The molecule has 13 nitrogen and oxygen atoms in total. The van der Waals surface area contributed by atoms with Gasteiger partial charge in [-0.2, -0.15) is 4.98 Å². The molecule has 3 aliphatic heterocycles. The molecule has 3 amide bonds. The molecule has 0 aliphatic carbocycles. The van der Waals surface area contributed by atoms with Crippen LogP contribution in [0.15, 0.2) is 48.7 Å². The molecule has 0 atom stereocenters. The predicted octanol–water partition coefficient (Wildman–Crippen LogP) is 5.19. The third-order valence-electron chi connectivity index (χ3n) is 8.02. The number of ether oxygens (including phenoxy) is 2. The average Bonchev–Trinajstić information content (AvgIpc) is 3.00. The molecule has 13 heteroatoms. The molecule has 3 aliphatic rings. The maximum atomic E-state index is 13.2. The van der Waals surface area contributed by atoms with Gasteiger partial charge in [0.15, 0.2) is 18.2 Å². The predicted molar refractivity (Wildman–Crippen MR) is 178 cm³/mol. The van der Waals surface area contributed by atoms with Crippen molar-refractivity contribution >= 4 is 47.0 Å². The first kappa shape index (κ1) is 31.8. The van der Waals surface area contributed by atoms with E-state index in [-0.39, 0.29) is 47.3 Å². The van der Waals surface area contributed by atoms with E-state index in [9.17, 15) is 14.4 Å². The van der Waals surface area contributed by atoms with E-state index in [4.69, 9.17) is 9.47 Å². The van der Waals surface area contributed by atoms with Gasteiger partial charge in [0.25, 0.3) is 11.8 Å². The highest BCUT2D eigenvalue weighted by atomic mass is 16.6. The second kappa shape index (κ2) is 12.5. The van der Waals surface area contributed by atoms with Crippen LogP contribution in [0.25, 0.3) is 0 Å². The summed E-state index contributed by atoms with van der Waals surface area (Å²) in [6.07, 6.45) is 6.43. The van der Waals surface area contributed by atoms with Gasteiger partial charge >= 0.3 is 6.09 Å². The highest BCUT2D eigenvalue weighted by Crippen LogP contribution is 2.36. The Hall–Kier alpha value is -5.20. The minimum absolute atomic E-state index is 0.0416. The van der Waals surface area contributed by atoms with E-state index in [0.29, 0.717) is 43.6 Å². The number of amides is 3. The van der Waals surface area contributed by atoms with E-state index < -0.39 is 5.60 Å². The molecule has 246 valence electrons. The molecule has 0 saturated carbocycles. The van der Waals surface area contributed by atoms with E-state index in [1.54, 1.807) is 21.9 Å². The number of carbonyl (C=O) groups excluding carboxylic acids is 3. The molecule has 47 heavy (non-hydrogen) atoms. The fourth-order valence-corrected chi connectivity index (χ4v) is 5.89. The maximum Gasteiger partial charge on any atom is 0.410 e. The van der Waals surface area contributed by atoms with Gasteiger partial charge < -0.3 is 30.3 Å². The highest BCUT2D eigenvalue weighted by Gasteiger charge is 2.36. The number of nitrogens with zero attached hydrogens (tertiary/aromatic N) is 5. The van der Waals surface area contributed by atoms with Gasteiger partial charge in [-0.05, 0) is 69.0 Å². The van der Waals surface area contributed by atoms with Gasteiger partial charge in [0.1, 0.15) is 22.8 Å². The minimum atomic E-state index is -0.595. The fourth-order valence-electron chi connectivity index (χ4n) is 5.89. The number of hydrogen-bond donors (Lipinski definition) is 3. The summed E-state index contributed by atoms with van der Waals surface area (Å²) in [5.74, 6) is 1.28. The summed E-state index contributed by atoms with van der Waals surface area (Å²) in [4.78, 5) is 56.1. The normalized spacial score (nSPS) is 18.2. The third kappa shape index (κ3) is 7.13. The van der Waals surface area contributed by atoms with Gasteiger partial charge in [-0.25, -0.2) is 14.8 Å². The standard InChI is InChI=1S/C34H40N8O5/c1-33(2,3)47-32(45)41-18-21-16-22(10-11-24(21)34(4,5)20-41)37-31-36-17-23-28(40-31)38-26-13-12-25-29(39-26)42(27(43)19-46-25)15-9-7-6-8-14-35-30(23)44/h6,8,10-13,16-17H,7,9,14-15,18-20H2,1-5H3,(H,35,44)(H2,36,37,38,39,40)/b8-6-. The van der Waals surface area contributed by atoms with Crippen LogP contribution in [0.4, 0.5) is 33.9 Å². The van der Waals surface area contributed by atoms with E-state index in [1.165, 1.54) is 6.20 Å². The van der Waals surface area contributed by atoms with Crippen LogP contribution in [0.3, 0.4) is 0 Å². The summed E-state index contributed by atoms with van der Waals surface area (Å²) in [6.45, 7) is 11.5. The van der Waals surface area contributed by atoms with Gasteiger partial charge in [0, 0.05) is 43.5 Å². The van der Waals surface area contributed by atoms with Gasteiger partial charge in [-0.15, -0.1) is 0 Å². The van der Waals surface area contributed by atoms with Crippen molar-refractivity contribution in [3.05, 3.63) is 65.4 Å². The Bertz CT molecular complexity index is 1750. The number of nitrogens with one attached hydrogen (secondary N) is 3. The number of pyridine rings is 1. The van der Waals surface area contributed by atoms with Crippen LogP contribution in [-0.4, -0.2) is 69.6 Å². The summed E-state index contributed by atoms with van der Waals surface area (Å²) in [5.41, 5.74) is 2.19. The molecule has 3 aromatic rings. The molecule has 0 radical (unpaired) electrons. The molecule has 2 aromatic heterocycles. The molecule has 0 saturated heterocycles. The minimum Gasteiger partial charge on any atom is -0.480 e. The Morgan fingerprint density at radius 1 is 1.11 bits per heavy atom. The van der Waals surface area contributed by atoms with E-state index in [2.05, 4.69) is 50.8 Å². The molecule has 2 bridgehead atoms. The van der Waals surface area contributed by atoms with Crippen molar-refractivity contribution in [3.8, 4) is 5.75 Å². The van der Waals surface area contributed by atoms with Crippen molar-refractivity contribution in [2.45, 2.75) is 65.0 Å². The van der Waals surface area contributed by atoms with Crippen molar-refractivity contribution in [1.82, 2.24) is 25.2 Å². The average molecular weight is 641 g/mol. The number of aromatic nitrogens is 3. The van der Waals surface area contributed by atoms with Crippen LogP contribution in [0.1, 0.15) is 68.9 Å². The maximum absolute atomic E-state index is 13.2. The Labute approximate surface area is 273 Å². The smallest absolute Gasteiger partial charge is 0.410 e. The monoisotopic (exact) mass is 640 g/mol. The molecular formula is C34H40N8O5. The van der Waals surface area contributed by atoms with Crippen LogP contribution in [0.2, 0.25) is 0 Å². The quantitative estimate of drug-likeness (QED) is 0.319. The zero-order valence-corrected chi connectivity index (χ0v) is 27.3. The molecule has 0 spiro atoms. The number of allylic oxidation sites excluding steroid dienone is 1. The largest absolute Gasteiger partial charge is 0.480 e. The van der Waals surface area contributed by atoms with Gasteiger partial charge in [-0.3, -0.25) is 14.5 Å². The van der Waals surface area contributed by atoms with E-state index in [0.717, 1.165) is 29.7 Å². The number of rotatable bonds is 2. The van der Waals surface area contributed by atoms with Crippen LogP contribution in [0, 0.1) is 0 Å². The number of benzene rings is 1. The van der Waals surface area contributed by atoms with Gasteiger partial charge in [-0.1, -0.05) is 32.1 Å². The van der Waals surface area contributed by atoms with Crippen LogP contribution in [0.5, 0.6) is 5.75 Å². The molecule has 6 rings (SSSR count). The van der Waals surface area contributed by atoms with Crippen LogP contribution >= 0.6 is 0 Å². The Kier molecular flexibility index (Phi) is 8.47. The first-order valence-electron chi connectivity index (χ1n) is 15.8. The second-order valence-corrected chi connectivity index (χ2v) is 13.5. The third-order valence-corrected chi connectivity index (χ3v) is 8.02. The summed E-state index contributed by atoms with van der Waals surface area (Å²) in [7, 11) is 0. The zero-order chi connectivity index (χ0) is 33.3. The molecule has 1 aromatic carbocycles. The topological polar surface area (TPSA) is 151 Å². The number of carbonyl (C=O) groups is 3. The Morgan fingerprint density at radius 3 is 2.74 bits per heavy atom. The fraction of sp³-hybridized carbons (Fsp3) is 0.412. The first-order valence-corrected chi connectivity index (χ1v) is 15.8. The van der Waals surface area contributed by atoms with Gasteiger partial charge in [0.05, 0.1) is 0 Å². The lowest BCUT2D eigenvalue weighted by Crippen LogP contribution is -2.46. The van der Waals surface area contributed by atoms with E-state index in [1.807, 2.05) is 45.1 Å². The molecule has 3 N–H and O–H groups in total. The van der Waals surface area contributed by atoms with Crippen LogP contribution < -0.4 is 25.6 Å². The molecular weight excluding hydrogens is 600 g/mol. The second-order valence-electron chi connectivity index (χ2n) is 13.5. The Morgan fingerprint density at radius 2 is 1.94 bits per heavy atom. The first-order chi connectivity index (χ1) is 22.4. The highest BCUT2D eigenvalue weighted by molar-refractivity contribution is 6.00. The number of anilines is 5. The van der Waals surface area contributed by atoms with Crippen molar-refractivity contribution in [2.24, 2.45) is 0 Å². The Balaban J connectivity index is 1.30. The zero-order valence-electron chi connectivity index (χ0n) is 27.3. The molecule has 0 fully saturated rings. The number of hydrogen-bond acceptors (Lipinski definition) is 10.